The number of hydrogen-bond donors (Lipinski definition) is 0. The first-order valence-corrected chi connectivity index (χ1v) is 2.18. The van der Waals surface area contributed by atoms with Crippen molar-refractivity contribution in [1.82, 2.24) is 0 Å². The molecule has 0 saturated carbocycles. The van der Waals surface area contributed by atoms with Crippen LogP contribution in [0, 0.1) is 5.89 Å². The third-order valence-corrected chi connectivity index (χ3v) is 0.842. The Labute approximate surface area is 42.7 Å². The second-order valence-corrected chi connectivity index (χ2v) is 1.37. The van der Waals surface area contributed by atoms with E-state index in [-0.39, 0.29) is 0 Å². The van der Waals surface area contributed by atoms with Crippen LogP contribution in [0.25, 0.3) is 0 Å². The van der Waals surface area contributed by atoms with Gasteiger partial charge in [-0.1, -0.05) is 26.3 Å². The highest BCUT2D eigenvalue weighted by atomic mass is 13.9. The standard InChI is InChI=1S/C6H12/c1-4-6(3)5-2/h4,6H,1,5H2,2-3H3/i1D,6D. The first kappa shape index (κ1) is 2.84. The summed E-state index contributed by atoms with van der Waals surface area (Å²) in [6.07, 6.45) is 2.34. The molecule has 0 nitrogen and oxygen atoms in total. The molecule has 0 fully saturated rings. The molecule has 0 radical (unpaired) electrons. The molecule has 0 saturated heterocycles. The molecule has 0 aromatic carbocycles. The van der Waals surface area contributed by atoms with Gasteiger partial charge in [0.15, 0.2) is 0 Å². The Balaban J connectivity index is 3.71. The van der Waals surface area contributed by atoms with Crippen LogP contribution < -0.4 is 0 Å². The van der Waals surface area contributed by atoms with Crippen molar-refractivity contribution in [3.05, 3.63) is 12.6 Å². The predicted octanol–water partition coefficient (Wildman–Crippen LogP) is 2.22. The molecule has 0 aliphatic heterocycles. The van der Waals surface area contributed by atoms with Crippen LogP contribution >= 0.6 is 0 Å². The molecule has 0 heteroatoms. The summed E-state index contributed by atoms with van der Waals surface area (Å²) in [6.45, 7) is 4.90. The first-order chi connectivity index (χ1) is 3.62. The highest BCUT2D eigenvalue weighted by Gasteiger charge is 1.84. The number of hydrogen-bond acceptors (Lipinski definition) is 0. The third-order valence-electron chi connectivity index (χ3n) is 0.842. The molecule has 36 valence electrons. The molecule has 0 aromatic heterocycles. The van der Waals surface area contributed by atoms with Crippen LogP contribution in [-0.4, -0.2) is 0 Å². The summed E-state index contributed by atoms with van der Waals surface area (Å²) in [6, 6.07) is 0. The number of allylic oxidation sites excluding steroid dienone is 1. The van der Waals surface area contributed by atoms with Gasteiger partial charge in [-0.2, -0.15) is 0 Å². The molecule has 1 unspecified atom stereocenters. The average molecular weight is 86.2 g/mol. The van der Waals surface area contributed by atoms with Gasteiger partial charge in [0.2, 0.25) is 0 Å². The van der Waals surface area contributed by atoms with Gasteiger partial charge >= 0.3 is 0 Å². The van der Waals surface area contributed by atoms with Gasteiger partial charge in [-0.15, -0.1) is 6.55 Å². The lowest BCUT2D eigenvalue weighted by atomic mass is 10.1. The molecule has 0 bridgehead atoms. The molecular formula is C6H12. The monoisotopic (exact) mass is 86.1 g/mol. The Bertz CT molecular complexity index is 84.5. The van der Waals surface area contributed by atoms with E-state index < -0.39 is 5.89 Å². The second-order valence-electron chi connectivity index (χ2n) is 1.37. The molecule has 0 heterocycles. The van der Waals surface area contributed by atoms with Crippen LogP contribution in [0.1, 0.15) is 23.0 Å². The molecule has 0 aliphatic carbocycles. The zero-order valence-corrected chi connectivity index (χ0v) is 4.36. The largest absolute Gasteiger partial charge is 0.103 e. The second kappa shape index (κ2) is 2.95. The maximum Gasteiger partial charge on any atom is 0.0535 e. The van der Waals surface area contributed by atoms with E-state index in [4.69, 9.17) is 2.74 Å². The van der Waals surface area contributed by atoms with E-state index in [1.54, 1.807) is 13.0 Å². The summed E-state index contributed by atoms with van der Waals surface area (Å²) in [7, 11) is 0. The molecule has 1 atom stereocenters. The van der Waals surface area contributed by atoms with E-state index in [9.17, 15) is 0 Å². The van der Waals surface area contributed by atoms with Gasteiger partial charge < -0.3 is 0 Å². The van der Waals surface area contributed by atoms with Gasteiger partial charge in [0.1, 0.15) is 0 Å². The lowest BCUT2D eigenvalue weighted by molar-refractivity contribution is 0.700. The van der Waals surface area contributed by atoms with Crippen molar-refractivity contribution in [2.45, 2.75) is 20.3 Å². The van der Waals surface area contributed by atoms with Gasteiger partial charge in [0, 0.05) is 1.37 Å². The highest BCUT2D eigenvalue weighted by molar-refractivity contribution is 4.72. The Hall–Kier alpha value is -0.260. The quantitative estimate of drug-likeness (QED) is 0.452. The first-order valence-electron chi connectivity index (χ1n) is 3.26. The van der Waals surface area contributed by atoms with Crippen LogP contribution in [0.4, 0.5) is 0 Å². The Morgan fingerprint density at radius 1 is 2.33 bits per heavy atom. The van der Waals surface area contributed by atoms with E-state index in [0.717, 1.165) is 6.42 Å². The predicted molar refractivity (Wildman–Crippen MR) is 29.7 cm³/mol. The molecule has 0 aliphatic rings. The van der Waals surface area contributed by atoms with Crippen LogP contribution in [0.5, 0.6) is 0 Å². The van der Waals surface area contributed by atoms with Gasteiger partial charge in [0.05, 0.1) is 1.37 Å². The number of rotatable bonds is 2. The van der Waals surface area contributed by atoms with Crippen LogP contribution in [0.3, 0.4) is 0 Å². The molecule has 0 aromatic rings. The summed E-state index contributed by atoms with van der Waals surface area (Å²) >= 11 is 0. The summed E-state index contributed by atoms with van der Waals surface area (Å²) in [5.74, 6) is -0.526. The van der Waals surface area contributed by atoms with Crippen molar-refractivity contribution in [2.75, 3.05) is 0 Å². The normalized spacial score (nSPS) is 25.7. The maximum atomic E-state index is 7.37. The van der Waals surface area contributed by atoms with Crippen molar-refractivity contribution in [2.24, 2.45) is 5.89 Å². The summed E-state index contributed by atoms with van der Waals surface area (Å²) < 4.78 is 14.0. The topological polar surface area (TPSA) is 0 Å². The van der Waals surface area contributed by atoms with Crippen LogP contribution in [0.15, 0.2) is 12.6 Å². The fraction of sp³-hybridized carbons (Fsp3) is 0.667. The average Bonchev–Trinajstić information content (AvgIpc) is 1.67. The van der Waals surface area contributed by atoms with E-state index in [1.165, 1.54) is 6.55 Å². The zero-order valence-electron chi connectivity index (χ0n) is 6.36. The minimum atomic E-state index is -0.526. The molecule has 0 N–H and O–H groups in total. The summed E-state index contributed by atoms with van der Waals surface area (Å²) in [5.41, 5.74) is 0. The van der Waals surface area contributed by atoms with Gasteiger partial charge in [-0.05, 0) is 5.89 Å². The van der Waals surface area contributed by atoms with Crippen molar-refractivity contribution >= 4 is 0 Å². The van der Waals surface area contributed by atoms with Crippen LogP contribution in [0.2, 0.25) is 0 Å². The van der Waals surface area contributed by atoms with E-state index in [1.807, 2.05) is 6.92 Å². The van der Waals surface area contributed by atoms with E-state index in [2.05, 4.69) is 0 Å². The van der Waals surface area contributed by atoms with Crippen molar-refractivity contribution in [3.8, 4) is 0 Å². The van der Waals surface area contributed by atoms with Crippen LogP contribution in [-0.2, 0) is 0 Å². The fourth-order valence-electron chi connectivity index (χ4n) is 0.118. The minimum absolute atomic E-state index is 0.526. The van der Waals surface area contributed by atoms with Gasteiger partial charge in [-0.3, -0.25) is 0 Å². The zero-order chi connectivity index (χ0) is 6.62. The van der Waals surface area contributed by atoms with Gasteiger partial charge in [-0.25, -0.2) is 0 Å². The molecule has 0 spiro atoms. The molecule has 0 amide bonds. The fourth-order valence-corrected chi connectivity index (χ4v) is 0.118. The maximum absolute atomic E-state index is 7.37. The van der Waals surface area contributed by atoms with Crippen molar-refractivity contribution < 1.29 is 2.74 Å². The molecular weight excluding hydrogens is 72.1 g/mol. The lowest BCUT2D eigenvalue weighted by Crippen LogP contribution is -1.80. The third kappa shape index (κ3) is 2.01. The van der Waals surface area contributed by atoms with Gasteiger partial charge in [0.25, 0.3) is 0 Å². The summed E-state index contributed by atoms with van der Waals surface area (Å²) in [5, 5.41) is 0. The molecule has 6 heavy (non-hydrogen) atoms. The Morgan fingerprint density at radius 3 is 3.17 bits per heavy atom. The SMILES string of the molecule is [2H]C=CC([2H])(C)CC. The molecule has 0 rings (SSSR count). The van der Waals surface area contributed by atoms with Crippen molar-refractivity contribution in [1.29, 1.82) is 0 Å². The highest BCUT2D eigenvalue weighted by Crippen LogP contribution is 1.98. The Morgan fingerprint density at radius 2 is 3.00 bits per heavy atom. The van der Waals surface area contributed by atoms with E-state index >= 15 is 0 Å². The van der Waals surface area contributed by atoms with Crippen molar-refractivity contribution in [3.63, 3.8) is 0 Å². The minimum Gasteiger partial charge on any atom is -0.103 e. The summed E-state index contributed by atoms with van der Waals surface area (Å²) in [4.78, 5) is 0. The van der Waals surface area contributed by atoms with E-state index in [0.29, 0.717) is 0 Å². The lowest BCUT2D eigenvalue weighted by Gasteiger charge is -1.93. The smallest absolute Gasteiger partial charge is 0.0535 e. The Kier molecular flexibility index (Phi) is 1.40.